The van der Waals surface area contributed by atoms with Crippen molar-refractivity contribution in [3.63, 3.8) is 0 Å². The number of halogens is 2. The molecular formula is C21H32FIN4O. The molecule has 0 saturated carbocycles. The number of hydrogen-bond donors (Lipinski definition) is 2. The lowest BCUT2D eigenvalue weighted by Crippen LogP contribution is -2.51. The summed E-state index contributed by atoms with van der Waals surface area (Å²) in [7, 11) is 1.81. The number of nitrogens with one attached hydrogen (secondary N) is 2. The Kier molecular flexibility index (Phi) is 9.50. The van der Waals surface area contributed by atoms with Crippen LogP contribution in [0.5, 0.6) is 0 Å². The van der Waals surface area contributed by atoms with Crippen molar-refractivity contribution in [3.05, 3.63) is 41.2 Å². The molecule has 28 heavy (non-hydrogen) atoms. The second-order valence-electron chi connectivity index (χ2n) is 7.30. The van der Waals surface area contributed by atoms with Gasteiger partial charge >= 0.3 is 0 Å². The highest BCUT2D eigenvalue weighted by Gasteiger charge is 2.22. The summed E-state index contributed by atoms with van der Waals surface area (Å²) in [5.41, 5.74) is 3.57. The number of aliphatic imine (C=N–C) groups is 1. The molecule has 156 valence electrons. The first-order chi connectivity index (χ1) is 13.2. The van der Waals surface area contributed by atoms with Gasteiger partial charge in [-0.2, -0.15) is 0 Å². The molecule has 3 rings (SSSR count). The Morgan fingerprint density at radius 1 is 1.39 bits per heavy atom. The maximum Gasteiger partial charge on any atom is 0.191 e. The summed E-state index contributed by atoms with van der Waals surface area (Å²) >= 11 is 0. The summed E-state index contributed by atoms with van der Waals surface area (Å²) in [6, 6.07) is 5.38. The van der Waals surface area contributed by atoms with Crippen LogP contribution in [0.4, 0.5) is 10.1 Å². The Morgan fingerprint density at radius 3 is 2.96 bits per heavy atom. The third-order valence-corrected chi connectivity index (χ3v) is 5.28. The minimum Gasteiger partial charge on any atom is -0.377 e. The van der Waals surface area contributed by atoms with Gasteiger partial charge in [-0.1, -0.05) is 11.6 Å². The maximum atomic E-state index is 13.4. The second kappa shape index (κ2) is 11.6. The van der Waals surface area contributed by atoms with Crippen LogP contribution in [0.2, 0.25) is 0 Å². The van der Waals surface area contributed by atoms with Crippen LogP contribution >= 0.6 is 24.0 Å². The molecule has 2 heterocycles. The van der Waals surface area contributed by atoms with E-state index < -0.39 is 0 Å². The van der Waals surface area contributed by atoms with E-state index in [2.05, 4.69) is 26.6 Å². The van der Waals surface area contributed by atoms with E-state index in [1.165, 1.54) is 5.57 Å². The molecule has 1 saturated heterocycles. The number of nitrogens with zero attached hydrogens (tertiary/aromatic N) is 2. The first-order valence-corrected chi connectivity index (χ1v) is 9.89. The Bertz CT molecular complexity index is 695. The summed E-state index contributed by atoms with van der Waals surface area (Å²) in [6.07, 6.45) is 6.46. The summed E-state index contributed by atoms with van der Waals surface area (Å²) in [6.45, 7) is 6.32. The third kappa shape index (κ3) is 6.62. The molecule has 2 N–H and O–H groups in total. The van der Waals surface area contributed by atoms with Crippen molar-refractivity contribution in [1.29, 1.82) is 0 Å². The average Bonchev–Trinajstić information content (AvgIpc) is 2.68. The predicted octanol–water partition coefficient (Wildman–Crippen LogP) is 3.62. The van der Waals surface area contributed by atoms with E-state index in [4.69, 9.17) is 4.74 Å². The van der Waals surface area contributed by atoms with Gasteiger partial charge in [0.2, 0.25) is 0 Å². The Morgan fingerprint density at radius 2 is 2.25 bits per heavy atom. The van der Waals surface area contributed by atoms with Gasteiger partial charge in [-0.05, 0) is 56.4 Å². The van der Waals surface area contributed by atoms with Crippen molar-refractivity contribution in [1.82, 2.24) is 10.6 Å². The standard InChI is InChI=1S/C21H31FN4O.HI/c1-16-14-18(22)5-6-20(16)26-11-3-4-19(15-26)25-21(23-2)24-10-7-17-8-12-27-13-9-17;/h5-6,8,14,19H,3-4,7,9-13,15H2,1-2H3,(H2,23,24,25);1H. The number of aryl methyl sites for hydroxylation is 1. The lowest BCUT2D eigenvalue weighted by molar-refractivity contribution is 0.153. The van der Waals surface area contributed by atoms with Gasteiger partial charge in [0.05, 0.1) is 13.2 Å². The number of anilines is 1. The van der Waals surface area contributed by atoms with E-state index in [-0.39, 0.29) is 29.8 Å². The van der Waals surface area contributed by atoms with Crippen LogP contribution in [-0.2, 0) is 4.74 Å². The molecule has 0 radical (unpaired) electrons. The fourth-order valence-corrected chi connectivity index (χ4v) is 3.81. The molecule has 5 nitrogen and oxygen atoms in total. The molecule has 0 amide bonds. The molecular weight excluding hydrogens is 470 g/mol. The van der Waals surface area contributed by atoms with Gasteiger partial charge in [-0.25, -0.2) is 4.39 Å². The highest BCUT2D eigenvalue weighted by atomic mass is 127. The maximum absolute atomic E-state index is 13.4. The van der Waals surface area contributed by atoms with Gasteiger partial charge in [-0.3, -0.25) is 4.99 Å². The molecule has 1 atom stereocenters. The lowest BCUT2D eigenvalue weighted by Gasteiger charge is -2.36. The van der Waals surface area contributed by atoms with E-state index in [0.717, 1.165) is 75.7 Å². The van der Waals surface area contributed by atoms with Gasteiger partial charge in [0, 0.05) is 38.4 Å². The van der Waals surface area contributed by atoms with Crippen LogP contribution in [0.15, 0.2) is 34.8 Å². The molecule has 0 bridgehead atoms. The van der Waals surface area contributed by atoms with Gasteiger partial charge in [-0.15, -0.1) is 24.0 Å². The summed E-state index contributed by atoms with van der Waals surface area (Å²) < 4.78 is 18.7. The van der Waals surface area contributed by atoms with Crippen molar-refractivity contribution in [2.75, 3.05) is 44.8 Å². The average molecular weight is 502 g/mol. The van der Waals surface area contributed by atoms with Crippen molar-refractivity contribution >= 4 is 35.6 Å². The Labute approximate surface area is 184 Å². The zero-order valence-corrected chi connectivity index (χ0v) is 19.2. The molecule has 1 aromatic rings. The Hall–Kier alpha value is -1.35. The van der Waals surface area contributed by atoms with Crippen LogP contribution in [0.1, 0.15) is 31.2 Å². The number of rotatable bonds is 5. The van der Waals surface area contributed by atoms with E-state index >= 15 is 0 Å². The monoisotopic (exact) mass is 502 g/mol. The summed E-state index contributed by atoms with van der Waals surface area (Å²) in [4.78, 5) is 6.72. The molecule has 2 aliphatic heterocycles. The van der Waals surface area contributed by atoms with Crippen molar-refractivity contribution < 1.29 is 9.13 Å². The number of hydrogen-bond acceptors (Lipinski definition) is 3. The molecule has 0 spiro atoms. The molecule has 7 heteroatoms. The van der Waals surface area contributed by atoms with Crippen LogP contribution in [0.25, 0.3) is 0 Å². The topological polar surface area (TPSA) is 48.9 Å². The van der Waals surface area contributed by atoms with Crippen LogP contribution in [0.3, 0.4) is 0 Å². The smallest absolute Gasteiger partial charge is 0.191 e. The van der Waals surface area contributed by atoms with E-state index in [1.54, 1.807) is 12.1 Å². The molecule has 0 aliphatic carbocycles. The minimum atomic E-state index is -0.174. The molecule has 0 aromatic heterocycles. The molecule has 1 aromatic carbocycles. The highest BCUT2D eigenvalue weighted by molar-refractivity contribution is 14.0. The molecule has 1 unspecified atom stereocenters. The van der Waals surface area contributed by atoms with Crippen molar-refractivity contribution in [2.45, 2.75) is 38.6 Å². The van der Waals surface area contributed by atoms with Crippen LogP contribution < -0.4 is 15.5 Å². The number of ether oxygens (including phenoxy) is 1. The van der Waals surface area contributed by atoms with Crippen LogP contribution in [0, 0.1) is 12.7 Å². The summed E-state index contributed by atoms with van der Waals surface area (Å²) in [5, 5.41) is 6.98. The first kappa shape index (κ1) is 22.9. The van der Waals surface area contributed by atoms with Gasteiger partial charge in [0.1, 0.15) is 5.82 Å². The molecule has 1 fully saturated rings. The Balaban J connectivity index is 0.00000280. The second-order valence-corrected chi connectivity index (χ2v) is 7.30. The van der Waals surface area contributed by atoms with Gasteiger partial charge in [0.15, 0.2) is 5.96 Å². The normalized spacial score (nSPS) is 20.2. The van der Waals surface area contributed by atoms with Crippen molar-refractivity contribution in [2.24, 2.45) is 4.99 Å². The fraction of sp³-hybridized carbons (Fsp3) is 0.571. The number of benzene rings is 1. The summed E-state index contributed by atoms with van der Waals surface area (Å²) in [5.74, 6) is 0.678. The van der Waals surface area contributed by atoms with Crippen LogP contribution in [-0.4, -0.2) is 51.9 Å². The van der Waals surface area contributed by atoms with Gasteiger partial charge in [0.25, 0.3) is 0 Å². The highest BCUT2D eigenvalue weighted by Crippen LogP contribution is 2.24. The van der Waals surface area contributed by atoms with E-state index in [0.29, 0.717) is 6.04 Å². The van der Waals surface area contributed by atoms with E-state index in [9.17, 15) is 4.39 Å². The molecule has 2 aliphatic rings. The third-order valence-electron chi connectivity index (χ3n) is 5.28. The quantitative estimate of drug-likeness (QED) is 0.280. The largest absolute Gasteiger partial charge is 0.377 e. The number of piperidine rings is 1. The predicted molar refractivity (Wildman–Crippen MR) is 124 cm³/mol. The zero-order valence-electron chi connectivity index (χ0n) is 16.8. The fourth-order valence-electron chi connectivity index (χ4n) is 3.81. The first-order valence-electron chi connectivity index (χ1n) is 9.89. The minimum absolute atomic E-state index is 0. The lowest BCUT2D eigenvalue weighted by atomic mass is 10.0. The van der Waals surface area contributed by atoms with Crippen molar-refractivity contribution in [3.8, 4) is 0 Å². The SMILES string of the molecule is CN=C(NCCC1=CCOCC1)NC1CCCN(c2ccc(F)cc2C)C1.I. The zero-order chi connectivity index (χ0) is 19.1. The number of guanidine groups is 1. The van der Waals surface area contributed by atoms with E-state index in [1.807, 2.05) is 20.0 Å². The van der Waals surface area contributed by atoms with Gasteiger partial charge < -0.3 is 20.3 Å².